The first-order chi connectivity index (χ1) is 10.3. The van der Waals surface area contributed by atoms with Gasteiger partial charge in [-0.1, -0.05) is 18.2 Å². The number of piperidine rings is 1. The molecule has 1 amide bonds. The molecule has 2 atom stereocenters. The SMILES string of the molecule is O=C(c1n[nH]c2ccccc12)N1CC2CN3C=C1C2CC3. The van der Waals surface area contributed by atoms with Crippen LogP contribution in [0.1, 0.15) is 16.9 Å². The molecular formula is C16H16N4O. The van der Waals surface area contributed by atoms with Gasteiger partial charge in [0.1, 0.15) is 0 Å². The van der Waals surface area contributed by atoms with Crippen LogP contribution in [0.25, 0.3) is 10.9 Å². The van der Waals surface area contributed by atoms with Crippen LogP contribution in [0.2, 0.25) is 0 Å². The summed E-state index contributed by atoms with van der Waals surface area (Å²) in [4.78, 5) is 17.2. The topological polar surface area (TPSA) is 52.2 Å². The van der Waals surface area contributed by atoms with Crippen LogP contribution < -0.4 is 0 Å². The number of nitrogens with zero attached hydrogens (tertiary/aromatic N) is 3. The zero-order chi connectivity index (χ0) is 14.0. The number of aromatic nitrogens is 2. The summed E-state index contributed by atoms with van der Waals surface area (Å²) in [7, 11) is 0. The van der Waals surface area contributed by atoms with Gasteiger partial charge in [-0.2, -0.15) is 5.10 Å². The van der Waals surface area contributed by atoms with Crippen LogP contribution in [0.3, 0.4) is 0 Å². The number of hydrogen-bond donors (Lipinski definition) is 1. The minimum atomic E-state index is 0.0370. The van der Waals surface area contributed by atoms with E-state index < -0.39 is 0 Å². The summed E-state index contributed by atoms with van der Waals surface area (Å²) in [6.45, 7) is 3.07. The highest BCUT2D eigenvalue weighted by Gasteiger charge is 2.46. The van der Waals surface area contributed by atoms with Crippen molar-refractivity contribution in [2.75, 3.05) is 19.6 Å². The normalized spacial score (nSPS) is 26.6. The largest absolute Gasteiger partial charge is 0.376 e. The van der Waals surface area contributed by atoms with E-state index in [0.29, 0.717) is 17.5 Å². The van der Waals surface area contributed by atoms with E-state index >= 15 is 0 Å². The molecule has 4 aliphatic heterocycles. The predicted octanol–water partition coefficient (Wildman–Crippen LogP) is 1.81. The Bertz CT molecular complexity index is 777. The minimum absolute atomic E-state index is 0.0370. The van der Waals surface area contributed by atoms with Crippen LogP contribution >= 0.6 is 0 Å². The second-order valence-corrected chi connectivity index (χ2v) is 6.24. The lowest BCUT2D eigenvalue weighted by atomic mass is 9.84. The van der Waals surface area contributed by atoms with Crippen molar-refractivity contribution < 1.29 is 4.79 Å². The molecule has 4 bridgehead atoms. The third-order valence-corrected chi connectivity index (χ3v) is 5.11. The van der Waals surface area contributed by atoms with Crippen LogP contribution in [0.15, 0.2) is 36.2 Å². The highest BCUT2D eigenvalue weighted by atomic mass is 16.2. The third-order valence-electron chi connectivity index (χ3n) is 5.11. The standard InChI is InChI=1S/C16H16N4O/c21-16(15-12-3-1-2-4-13(12)17-18-15)20-8-10-7-19-6-5-11(10)14(20)9-19/h1-4,9-11H,5-8H2,(H,17,18). The number of carbonyl (C=O) groups excluding carboxylic acids is 1. The van der Waals surface area contributed by atoms with Crippen molar-refractivity contribution in [3.63, 3.8) is 0 Å². The van der Waals surface area contributed by atoms with Gasteiger partial charge in [-0.3, -0.25) is 9.89 Å². The first kappa shape index (κ1) is 11.4. The Balaban J connectivity index is 1.57. The van der Waals surface area contributed by atoms with E-state index in [1.165, 1.54) is 12.1 Å². The molecule has 0 aliphatic carbocycles. The number of benzene rings is 1. The van der Waals surface area contributed by atoms with Gasteiger partial charge in [0.05, 0.1) is 5.52 Å². The molecule has 2 saturated heterocycles. The summed E-state index contributed by atoms with van der Waals surface area (Å²) in [5, 5.41) is 8.13. The Kier molecular flexibility index (Phi) is 2.10. The van der Waals surface area contributed by atoms with E-state index in [1.54, 1.807) is 0 Å². The maximum Gasteiger partial charge on any atom is 0.279 e. The average Bonchev–Trinajstić information content (AvgIpc) is 3.06. The van der Waals surface area contributed by atoms with Crippen molar-refractivity contribution in [1.82, 2.24) is 20.0 Å². The van der Waals surface area contributed by atoms with E-state index in [4.69, 9.17) is 0 Å². The number of hydrogen-bond acceptors (Lipinski definition) is 3. The van der Waals surface area contributed by atoms with E-state index in [-0.39, 0.29) is 5.91 Å². The number of rotatable bonds is 1. The fourth-order valence-electron chi connectivity index (χ4n) is 4.10. The molecule has 6 rings (SSSR count). The van der Waals surface area contributed by atoms with Gasteiger partial charge in [-0.05, 0) is 12.5 Å². The number of nitrogens with one attached hydrogen (secondary N) is 1. The highest BCUT2D eigenvalue weighted by Crippen LogP contribution is 2.44. The monoisotopic (exact) mass is 280 g/mol. The van der Waals surface area contributed by atoms with Crippen molar-refractivity contribution in [2.45, 2.75) is 6.42 Å². The Morgan fingerprint density at radius 3 is 3.05 bits per heavy atom. The molecule has 106 valence electrons. The molecule has 5 nitrogen and oxygen atoms in total. The molecule has 2 aromatic rings. The molecule has 2 fully saturated rings. The van der Waals surface area contributed by atoms with Gasteiger partial charge in [0, 0.05) is 48.8 Å². The van der Waals surface area contributed by atoms with Gasteiger partial charge in [0.15, 0.2) is 5.69 Å². The van der Waals surface area contributed by atoms with Crippen LogP contribution in [0, 0.1) is 11.8 Å². The van der Waals surface area contributed by atoms with Crippen molar-refractivity contribution in [3.8, 4) is 0 Å². The van der Waals surface area contributed by atoms with Crippen LogP contribution in [0.4, 0.5) is 0 Å². The fraction of sp³-hybridized carbons (Fsp3) is 0.375. The lowest BCUT2D eigenvalue weighted by Gasteiger charge is -2.39. The minimum Gasteiger partial charge on any atom is -0.376 e. The molecule has 21 heavy (non-hydrogen) atoms. The maximum atomic E-state index is 12.9. The number of allylic oxidation sites excluding steroid dienone is 1. The second-order valence-electron chi connectivity index (χ2n) is 6.24. The molecule has 5 heteroatoms. The Morgan fingerprint density at radius 2 is 2.19 bits per heavy atom. The first-order valence-electron chi connectivity index (χ1n) is 7.52. The molecular weight excluding hydrogens is 264 g/mol. The van der Waals surface area contributed by atoms with Gasteiger partial charge in [-0.15, -0.1) is 0 Å². The number of carbonyl (C=O) groups is 1. The zero-order valence-corrected chi connectivity index (χ0v) is 11.6. The van der Waals surface area contributed by atoms with Crippen LogP contribution in [-0.4, -0.2) is 45.5 Å². The number of H-pyrrole nitrogens is 1. The molecule has 4 aliphatic rings. The zero-order valence-electron chi connectivity index (χ0n) is 11.6. The summed E-state index contributed by atoms with van der Waals surface area (Å²) >= 11 is 0. The van der Waals surface area contributed by atoms with Crippen LogP contribution in [-0.2, 0) is 0 Å². The molecule has 1 aromatic carbocycles. The summed E-state index contributed by atoms with van der Waals surface area (Å²) in [6, 6.07) is 7.81. The van der Waals surface area contributed by atoms with Gasteiger partial charge in [0.25, 0.3) is 5.91 Å². The third kappa shape index (κ3) is 1.46. The Labute approximate surface area is 122 Å². The van der Waals surface area contributed by atoms with E-state index in [0.717, 1.165) is 30.5 Å². The van der Waals surface area contributed by atoms with Crippen molar-refractivity contribution in [1.29, 1.82) is 0 Å². The lowest BCUT2D eigenvalue weighted by molar-refractivity contribution is 0.0816. The number of amides is 1. The van der Waals surface area contributed by atoms with E-state index in [9.17, 15) is 4.79 Å². The van der Waals surface area contributed by atoms with Gasteiger partial charge in [0.2, 0.25) is 0 Å². The quantitative estimate of drug-likeness (QED) is 0.867. The molecule has 1 aromatic heterocycles. The lowest BCUT2D eigenvalue weighted by Crippen LogP contribution is -2.40. The molecule has 0 saturated carbocycles. The van der Waals surface area contributed by atoms with Crippen molar-refractivity contribution in [2.24, 2.45) is 11.8 Å². The van der Waals surface area contributed by atoms with Crippen molar-refractivity contribution >= 4 is 16.8 Å². The molecule has 5 heterocycles. The van der Waals surface area contributed by atoms with Gasteiger partial charge in [-0.25, -0.2) is 0 Å². The Hall–Kier alpha value is -2.30. The highest BCUT2D eigenvalue weighted by molar-refractivity contribution is 6.05. The number of fused-ring (bicyclic) bond motifs is 2. The van der Waals surface area contributed by atoms with Gasteiger partial charge < -0.3 is 9.80 Å². The molecule has 2 unspecified atom stereocenters. The second kappa shape index (κ2) is 3.87. The maximum absolute atomic E-state index is 12.9. The molecule has 1 N–H and O–H groups in total. The summed E-state index contributed by atoms with van der Waals surface area (Å²) in [6.07, 6.45) is 3.37. The van der Waals surface area contributed by atoms with Crippen LogP contribution in [0.5, 0.6) is 0 Å². The Morgan fingerprint density at radius 1 is 1.29 bits per heavy atom. The number of aromatic amines is 1. The van der Waals surface area contributed by atoms with Crippen molar-refractivity contribution in [3.05, 3.63) is 41.9 Å². The summed E-state index contributed by atoms with van der Waals surface area (Å²) in [5.74, 6) is 1.21. The predicted molar refractivity (Wildman–Crippen MR) is 78.4 cm³/mol. The number of para-hydroxylation sites is 1. The molecule has 0 radical (unpaired) electrons. The van der Waals surface area contributed by atoms with E-state index in [1.807, 2.05) is 29.2 Å². The van der Waals surface area contributed by atoms with Gasteiger partial charge >= 0.3 is 0 Å². The summed E-state index contributed by atoms with van der Waals surface area (Å²) in [5.41, 5.74) is 2.67. The smallest absolute Gasteiger partial charge is 0.279 e. The van der Waals surface area contributed by atoms with E-state index in [2.05, 4.69) is 21.3 Å². The number of likely N-dealkylation sites (tertiary alicyclic amines) is 1. The summed E-state index contributed by atoms with van der Waals surface area (Å²) < 4.78 is 0. The fourth-order valence-corrected chi connectivity index (χ4v) is 4.10. The average molecular weight is 280 g/mol. The molecule has 0 spiro atoms. The first-order valence-corrected chi connectivity index (χ1v) is 7.52.